The predicted molar refractivity (Wildman–Crippen MR) is 73.2 cm³/mol. The number of amides is 1. The minimum Gasteiger partial charge on any atom is -0.399 e. The van der Waals surface area contributed by atoms with Gasteiger partial charge in [-0.15, -0.1) is 11.8 Å². The van der Waals surface area contributed by atoms with Gasteiger partial charge in [0.15, 0.2) is 0 Å². The Hall–Kier alpha value is -0.870. The number of thioether (sulfide) groups is 1. The number of nitrogens with one attached hydrogen (secondary N) is 1. The number of benzene rings is 1. The third kappa shape index (κ3) is 4.13. The molecule has 0 spiro atoms. The molecule has 0 aliphatic heterocycles. The van der Waals surface area contributed by atoms with E-state index in [1.807, 2.05) is 6.07 Å². The van der Waals surface area contributed by atoms with E-state index in [1.165, 1.54) is 0 Å². The van der Waals surface area contributed by atoms with Crippen LogP contribution in [0.5, 0.6) is 0 Å². The zero-order valence-electron chi connectivity index (χ0n) is 9.41. The fourth-order valence-electron chi connectivity index (χ4n) is 1.46. The summed E-state index contributed by atoms with van der Waals surface area (Å²) < 4.78 is 0. The Morgan fingerprint density at radius 2 is 2.29 bits per heavy atom. The lowest BCUT2D eigenvalue weighted by molar-refractivity contribution is -0.118. The molecule has 0 bridgehead atoms. The highest BCUT2D eigenvalue weighted by atomic mass is 35.5. The molecule has 1 aromatic rings. The second-order valence-corrected chi connectivity index (χ2v) is 5.58. The van der Waals surface area contributed by atoms with Crippen LogP contribution in [0.15, 0.2) is 18.2 Å². The van der Waals surface area contributed by atoms with Crippen LogP contribution in [0.2, 0.25) is 5.02 Å². The van der Waals surface area contributed by atoms with Crippen molar-refractivity contribution in [2.75, 3.05) is 11.5 Å². The van der Waals surface area contributed by atoms with Crippen LogP contribution in [0.1, 0.15) is 18.4 Å². The number of hydrogen-bond donors (Lipinski definition) is 2. The van der Waals surface area contributed by atoms with Crippen LogP contribution < -0.4 is 11.1 Å². The van der Waals surface area contributed by atoms with Crippen LogP contribution in [0.25, 0.3) is 0 Å². The maximum atomic E-state index is 11.4. The number of nitrogens with two attached hydrogens (primary N) is 1. The highest BCUT2D eigenvalue weighted by Crippen LogP contribution is 2.24. The number of anilines is 1. The minimum absolute atomic E-state index is 0.109. The second kappa shape index (κ2) is 5.65. The number of halogens is 1. The van der Waals surface area contributed by atoms with Crippen molar-refractivity contribution >= 4 is 35.0 Å². The summed E-state index contributed by atoms with van der Waals surface area (Å²) in [6.45, 7) is 0. The average Bonchev–Trinajstić information content (AvgIpc) is 3.07. The molecule has 0 heterocycles. The van der Waals surface area contributed by atoms with E-state index in [1.54, 1.807) is 23.9 Å². The Morgan fingerprint density at radius 3 is 3.00 bits per heavy atom. The number of carbonyl (C=O) groups is 1. The molecule has 1 saturated carbocycles. The summed E-state index contributed by atoms with van der Waals surface area (Å²) in [5.74, 6) is 1.29. The maximum absolute atomic E-state index is 11.4. The predicted octanol–water partition coefficient (Wildman–Crippen LogP) is 2.43. The van der Waals surface area contributed by atoms with Crippen molar-refractivity contribution in [1.29, 1.82) is 0 Å². The SMILES string of the molecule is Nc1ccc(Cl)c(CSCC(=O)NC2CC2)c1. The fourth-order valence-corrected chi connectivity index (χ4v) is 2.55. The molecule has 0 atom stereocenters. The maximum Gasteiger partial charge on any atom is 0.230 e. The summed E-state index contributed by atoms with van der Waals surface area (Å²) in [5.41, 5.74) is 7.37. The number of rotatable bonds is 5. The summed E-state index contributed by atoms with van der Waals surface area (Å²) in [6.07, 6.45) is 2.24. The molecule has 3 N–H and O–H groups in total. The van der Waals surface area contributed by atoms with Crippen molar-refractivity contribution in [2.45, 2.75) is 24.6 Å². The van der Waals surface area contributed by atoms with Crippen LogP contribution in [0, 0.1) is 0 Å². The van der Waals surface area contributed by atoms with E-state index in [0.29, 0.717) is 28.3 Å². The Balaban J connectivity index is 1.76. The number of carbonyl (C=O) groups excluding carboxylic acids is 1. The Morgan fingerprint density at radius 1 is 1.53 bits per heavy atom. The first kappa shape index (κ1) is 12.6. The molecule has 2 rings (SSSR count). The van der Waals surface area contributed by atoms with Gasteiger partial charge in [-0.25, -0.2) is 0 Å². The first-order chi connectivity index (χ1) is 8.15. The Bertz CT molecular complexity index is 421. The summed E-state index contributed by atoms with van der Waals surface area (Å²) in [6, 6.07) is 5.85. The highest BCUT2D eigenvalue weighted by Gasteiger charge is 2.22. The average molecular weight is 271 g/mol. The van der Waals surface area contributed by atoms with Crippen LogP contribution in [0.4, 0.5) is 5.69 Å². The Labute approximate surface area is 110 Å². The molecule has 0 radical (unpaired) electrons. The van der Waals surface area contributed by atoms with E-state index in [4.69, 9.17) is 17.3 Å². The summed E-state index contributed by atoms with van der Waals surface area (Å²) >= 11 is 7.59. The molecule has 0 aromatic heterocycles. The molecule has 0 saturated heterocycles. The first-order valence-electron chi connectivity index (χ1n) is 5.56. The van der Waals surface area contributed by atoms with Crippen molar-refractivity contribution in [2.24, 2.45) is 0 Å². The van der Waals surface area contributed by atoms with Gasteiger partial charge in [-0.05, 0) is 36.6 Å². The zero-order valence-corrected chi connectivity index (χ0v) is 11.0. The van der Waals surface area contributed by atoms with Crippen LogP contribution in [-0.2, 0) is 10.5 Å². The van der Waals surface area contributed by atoms with E-state index >= 15 is 0 Å². The summed E-state index contributed by atoms with van der Waals surface area (Å²) in [5, 5.41) is 3.65. The molecule has 1 aliphatic carbocycles. The summed E-state index contributed by atoms with van der Waals surface area (Å²) in [4.78, 5) is 11.4. The number of hydrogen-bond acceptors (Lipinski definition) is 3. The largest absolute Gasteiger partial charge is 0.399 e. The highest BCUT2D eigenvalue weighted by molar-refractivity contribution is 7.99. The van der Waals surface area contributed by atoms with Crippen LogP contribution in [-0.4, -0.2) is 17.7 Å². The van der Waals surface area contributed by atoms with Gasteiger partial charge in [0.05, 0.1) is 5.75 Å². The normalized spacial score (nSPS) is 14.6. The van der Waals surface area contributed by atoms with Crippen molar-refractivity contribution < 1.29 is 4.79 Å². The third-order valence-corrected chi connectivity index (χ3v) is 3.85. The lowest BCUT2D eigenvalue weighted by Crippen LogP contribution is -2.27. The van der Waals surface area contributed by atoms with Gasteiger partial charge in [0.25, 0.3) is 0 Å². The second-order valence-electron chi connectivity index (χ2n) is 4.19. The van der Waals surface area contributed by atoms with Gasteiger partial charge in [-0.1, -0.05) is 11.6 Å². The fraction of sp³-hybridized carbons (Fsp3) is 0.417. The molecule has 1 aliphatic rings. The molecule has 1 amide bonds. The monoisotopic (exact) mass is 270 g/mol. The topological polar surface area (TPSA) is 55.1 Å². The van der Waals surface area contributed by atoms with Crippen LogP contribution >= 0.6 is 23.4 Å². The standard InChI is InChI=1S/C12H15ClN2OS/c13-11-4-1-9(14)5-8(11)6-17-7-12(16)15-10-2-3-10/h1,4-5,10H,2-3,6-7,14H2,(H,15,16). The molecular formula is C12H15ClN2OS. The number of nitrogen functional groups attached to an aromatic ring is 1. The lowest BCUT2D eigenvalue weighted by atomic mass is 10.2. The van der Waals surface area contributed by atoms with Crippen molar-refractivity contribution in [1.82, 2.24) is 5.32 Å². The molecule has 1 aromatic carbocycles. The quantitative estimate of drug-likeness (QED) is 0.808. The van der Waals surface area contributed by atoms with Gasteiger partial charge in [0.2, 0.25) is 5.91 Å². The van der Waals surface area contributed by atoms with Gasteiger partial charge in [0.1, 0.15) is 0 Å². The van der Waals surface area contributed by atoms with Gasteiger partial charge < -0.3 is 11.1 Å². The third-order valence-electron chi connectivity index (χ3n) is 2.50. The van der Waals surface area contributed by atoms with Gasteiger partial charge >= 0.3 is 0 Å². The molecule has 5 heteroatoms. The molecule has 3 nitrogen and oxygen atoms in total. The molecule has 17 heavy (non-hydrogen) atoms. The van der Waals surface area contributed by atoms with E-state index in [-0.39, 0.29) is 5.91 Å². The molecular weight excluding hydrogens is 256 g/mol. The van der Waals surface area contributed by atoms with Gasteiger partial charge in [0, 0.05) is 22.5 Å². The van der Waals surface area contributed by atoms with Gasteiger partial charge in [-0.2, -0.15) is 0 Å². The molecule has 0 unspecified atom stereocenters. The van der Waals surface area contributed by atoms with E-state index in [9.17, 15) is 4.79 Å². The van der Waals surface area contributed by atoms with Crippen LogP contribution in [0.3, 0.4) is 0 Å². The lowest BCUT2D eigenvalue weighted by Gasteiger charge is -2.06. The van der Waals surface area contributed by atoms with Crippen molar-refractivity contribution in [3.8, 4) is 0 Å². The molecule has 1 fully saturated rings. The summed E-state index contributed by atoms with van der Waals surface area (Å²) in [7, 11) is 0. The zero-order chi connectivity index (χ0) is 12.3. The van der Waals surface area contributed by atoms with Gasteiger partial charge in [-0.3, -0.25) is 4.79 Å². The molecule has 92 valence electrons. The van der Waals surface area contributed by atoms with E-state index in [0.717, 1.165) is 18.4 Å². The van der Waals surface area contributed by atoms with Crippen molar-refractivity contribution in [3.05, 3.63) is 28.8 Å². The first-order valence-corrected chi connectivity index (χ1v) is 7.09. The van der Waals surface area contributed by atoms with E-state index in [2.05, 4.69) is 5.32 Å². The minimum atomic E-state index is 0.109. The van der Waals surface area contributed by atoms with E-state index < -0.39 is 0 Å². The smallest absolute Gasteiger partial charge is 0.230 e. The van der Waals surface area contributed by atoms with Crippen molar-refractivity contribution in [3.63, 3.8) is 0 Å². The Kier molecular flexibility index (Phi) is 4.18.